The van der Waals surface area contributed by atoms with Crippen molar-refractivity contribution in [2.75, 3.05) is 34.5 Å². The van der Waals surface area contributed by atoms with Gasteiger partial charge in [0.2, 0.25) is 0 Å². The summed E-state index contributed by atoms with van der Waals surface area (Å²) in [6, 6.07) is 0. The summed E-state index contributed by atoms with van der Waals surface area (Å²) in [5.41, 5.74) is 0. The highest BCUT2D eigenvalue weighted by Crippen LogP contribution is 2.44. The van der Waals surface area contributed by atoms with Crippen LogP contribution >= 0.6 is 6.42 Å². The Bertz CT molecular complexity index is 209. The lowest BCUT2D eigenvalue weighted by molar-refractivity contribution is -0.140. The van der Waals surface area contributed by atoms with E-state index in [2.05, 4.69) is 4.74 Å². The number of rotatable bonds is 4. The zero-order chi connectivity index (χ0) is 9.78. The average molecular weight is 211 g/mol. The molecule has 12 heavy (non-hydrogen) atoms. The molecule has 4 nitrogen and oxygen atoms in total. The molecular weight excluding hydrogens is 197 g/mol. The maximum Gasteiger partial charge on any atom is 0.320 e. The Balaban J connectivity index is 4.12. The summed E-state index contributed by atoms with van der Waals surface area (Å²) in [4.78, 5) is 10.8. The molecule has 0 fully saturated rings. The zero-order valence-electron chi connectivity index (χ0n) is 7.73. The summed E-state index contributed by atoms with van der Waals surface area (Å²) in [6.07, 6.45) is -1.97. The largest absolute Gasteiger partial charge is 0.468 e. The molecule has 0 amide bonds. The molecule has 0 saturated carbocycles. The van der Waals surface area contributed by atoms with Crippen LogP contribution in [0.1, 0.15) is 0 Å². The van der Waals surface area contributed by atoms with Gasteiger partial charge in [-0.25, -0.2) is 4.67 Å². The number of methoxy groups -OCH3 is 1. The maximum atomic E-state index is 10.8. The number of likely N-dealkylation sites (N-methyl/N-ethyl adjacent to an activating group) is 1. The zero-order valence-corrected chi connectivity index (χ0v) is 9.45. The van der Waals surface area contributed by atoms with Gasteiger partial charge in [-0.1, -0.05) is 11.8 Å². The van der Waals surface area contributed by atoms with E-state index in [1.54, 1.807) is 18.8 Å². The molecule has 1 unspecified atom stereocenters. The summed E-state index contributed by atoms with van der Waals surface area (Å²) in [6.45, 7) is 1.99. The monoisotopic (exact) mass is 211 g/mol. The lowest BCUT2D eigenvalue weighted by atomic mass is 10.7. The van der Waals surface area contributed by atoms with Gasteiger partial charge in [0.1, 0.15) is 13.0 Å². The van der Waals surface area contributed by atoms with E-state index in [0.29, 0.717) is 0 Å². The molecule has 0 rings (SSSR count). The molecule has 1 atom stereocenters. The van der Waals surface area contributed by atoms with Crippen molar-refractivity contribution in [3.8, 4) is 0 Å². The van der Waals surface area contributed by atoms with Gasteiger partial charge in [-0.15, -0.1) is 0 Å². The molecule has 0 radical (unpaired) electrons. The van der Waals surface area contributed by atoms with Crippen molar-refractivity contribution >= 4 is 24.2 Å². The summed E-state index contributed by atoms with van der Waals surface area (Å²) >= 11 is 5.14. The minimum atomic E-state index is -1.97. The van der Waals surface area contributed by atoms with E-state index in [4.69, 9.17) is 16.3 Å². The number of nitrogens with zero attached hydrogens (tertiary/aromatic N) is 1. The van der Waals surface area contributed by atoms with Crippen molar-refractivity contribution < 1.29 is 14.1 Å². The number of hydrogen-bond donors (Lipinski definition) is 0. The van der Waals surface area contributed by atoms with Gasteiger partial charge in [0, 0.05) is 13.8 Å². The minimum Gasteiger partial charge on any atom is -0.468 e. The molecular formula is C6H14NO3PS. The molecule has 0 saturated heterocycles. The lowest BCUT2D eigenvalue weighted by Crippen LogP contribution is -2.24. The van der Waals surface area contributed by atoms with Crippen molar-refractivity contribution in [1.29, 1.82) is 0 Å². The Hall–Kier alpha value is 0.0400. The third kappa shape index (κ3) is 3.63. The van der Waals surface area contributed by atoms with Gasteiger partial charge in [-0.2, -0.15) is 0 Å². The fourth-order valence-corrected chi connectivity index (χ4v) is 1.34. The van der Waals surface area contributed by atoms with Crippen molar-refractivity contribution in [3.05, 3.63) is 0 Å². The second-order valence-corrected chi connectivity index (χ2v) is 7.06. The van der Waals surface area contributed by atoms with Gasteiger partial charge >= 0.3 is 5.97 Å². The second-order valence-electron chi connectivity index (χ2n) is 2.38. The van der Waals surface area contributed by atoms with Crippen molar-refractivity contribution in [1.82, 2.24) is 4.67 Å². The SMILES string of the molecule is COC(=O)CN(C)P(C)(=S)OC. The Labute approximate surface area is 78.0 Å². The van der Waals surface area contributed by atoms with E-state index in [0.717, 1.165) is 0 Å². The number of carbonyl (C=O) groups excluding carboxylic acids is 1. The van der Waals surface area contributed by atoms with Crippen LogP contribution in [0.15, 0.2) is 0 Å². The van der Waals surface area contributed by atoms with Gasteiger partial charge in [0.25, 0.3) is 0 Å². The first kappa shape index (κ1) is 12.0. The van der Waals surface area contributed by atoms with E-state index in [1.807, 2.05) is 6.66 Å². The number of ether oxygens (including phenoxy) is 1. The first-order valence-electron chi connectivity index (χ1n) is 3.35. The van der Waals surface area contributed by atoms with Gasteiger partial charge < -0.3 is 9.26 Å². The van der Waals surface area contributed by atoms with Crippen LogP contribution in [0.25, 0.3) is 0 Å². The first-order valence-corrected chi connectivity index (χ1v) is 6.47. The highest BCUT2D eigenvalue weighted by atomic mass is 32.4. The molecule has 0 aromatic heterocycles. The molecule has 0 aliphatic rings. The quantitative estimate of drug-likeness (QED) is 0.505. The fraction of sp³-hybridized carbons (Fsp3) is 0.833. The highest BCUT2D eigenvalue weighted by molar-refractivity contribution is 8.10. The molecule has 0 aromatic carbocycles. The van der Waals surface area contributed by atoms with Gasteiger partial charge in [-0.3, -0.25) is 4.79 Å². The normalized spacial score (nSPS) is 15.8. The van der Waals surface area contributed by atoms with Crippen molar-refractivity contribution in [2.45, 2.75) is 0 Å². The fourth-order valence-electron chi connectivity index (χ4n) is 0.519. The molecule has 0 heterocycles. The van der Waals surface area contributed by atoms with Crippen LogP contribution < -0.4 is 0 Å². The lowest BCUT2D eigenvalue weighted by Gasteiger charge is -2.25. The average Bonchev–Trinajstić information content (AvgIpc) is 2.04. The van der Waals surface area contributed by atoms with E-state index in [-0.39, 0.29) is 12.5 Å². The van der Waals surface area contributed by atoms with Crippen LogP contribution in [0, 0.1) is 0 Å². The third-order valence-electron chi connectivity index (χ3n) is 1.54. The second kappa shape index (κ2) is 4.92. The van der Waals surface area contributed by atoms with E-state index >= 15 is 0 Å². The van der Waals surface area contributed by atoms with Crippen LogP contribution in [-0.2, 0) is 25.9 Å². The topological polar surface area (TPSA) is 38.8 Å². The van der Waals surface area contributed by atoms with E-state index in [9.17, 15) is 4.79 Å². The van der Waals surface area contributed by atoms with Crippen LogP contribution in [0.5, 0.6) is 0 Å². The Kier molecular flexibility index (Phi) is 4.94. The predicted molar refractivity (Wildman–Crippen MR) is 51.9 cm³/mol. The van der Waals surface area contributed by atoms with Crippen LogP contribution in [0.4, 0.5) is 0 Å². The smallest absolute Gasteiger partial charge is 0.320 e. The molecule has 0 aliphatic carbocycles. The van der Waals surface area contributed by atoms with Gasteiger partial charge in [0.15, 0.2) is 0 Å². The van der Waals surface area contributed by atoms with Crippen molar-refractivity contribution in [3.63, 3.8) is 0 Å². The molecule has 0 aliphatic heterocycles. The minimum absolute atomic E-state index is 0.179. The first-order chi connectivity index (χ1) is 5.44. The maximum absolute atomic E-state index is 10.8. The number of carbonyl (C=O) groups is 1. The predicted octanol–water partition coefficient (Wildman–Crippen LogP) is 0.677. The Morgan fingerprint density at radius 2 is 2.08 bits per heavy atom. The summed E-state index contributed by atoms with van der Waals surface area (Å²) in [7, 11) is 4.65. The molecule has 6 heteroatoms. The summed E-state index contributed by atoms with van der Waals surface area (Å²) in [5, 5.41) is 0. The number of hydrogen-bond acceptors (Lipinski definition) is 4. The number of esters is 1. The Morgan fingerprint density at radius 1 is 1.58 bits per heavy atom. The highest BCUT2D eigenvalue weighted by Gasteiger charge is 2.18. The molecule has 0 bridgehead atoms. The van der Waals surface area contributed by atoms with Gasteiger partial charge in [-0.05, 0) is 7.05 Å². The van der Waals surface area contributed by atoms with E-state index < -0.39 is 6.42 Å². The summed E-state index contributed by atoms with van der Waals surface area (Å²) < 4.78 is 11.3. The molecule has 0 aromatic rings. The standard InChI is InChI=1S/C6H14NO3PS/c1-7(5-6(8)9-2)11(4,12)10-3/h5H2,1-4H3. The summed E-state index contributed by atoms with van der Waals surface area (Å²) in [5.74, 6) is -0.300. The van der Waals surface area contributed by atoms with Crippen LogP contribution in [0.2, 0.25) is 0 Å². The molecule has 0 spiro atoms. The van der Waals surface area contributed by atoms with Gasteiger partial charge in [0.05, 0.1) is 7.11 Å². The molecule has 0 N–H and O–H groups in total. The van der Waals surface area contributed by atoms with Crippen molar-refractivity contribution in [2.24, 2.45) is 0 Å². The van der Waals surface area contributed by atoms with E-state index in [1.165, 1.54) is 7.11 Å². The van der Waals surface area contributed by atoms with Crippen LogP contribution in [0.3, 0.4) is 0 Å². The Morgan fingerprint density at radius 3 is 2.42 bits per heavy atom. The third-order valence-corrected chi connectivity index (χ3v) is 4.89. The van der Waals surface area contributed by atoms with Crippen LogP contribution in [-0.4, -0.2) is 45.1 Å². The molecule has 72 valence electrons.